The normalized spacial score (nSPS) is 18.6. The summed E-state index contributed by atoms with van der Waals surface area (Å²) in [5.74, 6) is -0.260. The molecule has 2 aliphatic rings. The number of amides is 3. The van der Waals surface area contributed by atoms with E-state index in [1.54, 1.807) is 28.8 Å². The van der Waals surface area contributed by atoms with Gasteiger partial charge in [-0.1, -0.05) is 24.3 Å². The fourth-order valence-electron chi connectivity index (χ4n) is 3.60. The third-order valence-corrected chi connectivity index (χ3v) is 6.21. The zero-order valence-electron chi connectivity index (χ0n) is 15.0. The van der Waals surface area contributed by atoms with Gasteiger partial charge in [0, 0.05) is 29.2 Å². The number of carbonyl (C=O) groups excluding carboxylic acids is 3. The Balaban J connectivity index is 1.55. The van der Waals surface area contributed by atoms with Gasteiger partial charge in [0.15, 0.2) is 0 Å². The highest BCUT2D eigenvalue weighted by molar-refractivity contribution is 7.98. The summed E-state index contributed by atoms with van der Waals surface area (Å²) in [5, 5.41) is 11.6. The monoisotopic (exact) mass is 391 g/mol. The van der Waals surface area contributed by atoms with Gasteiger partial charge >= 0.3 is 0 Å². The quantitative estimate of drug-likeness (QED) is 0.639. The molecule has 6 nitrogen and oxygen atoms in total. The van der Waals surface area contributed by atoms with Crippen LogP contribution in [0, 0.1) is 11.3 Å². The minimum Gasteiger partial charge on any atom is -0.322 e. The Morgan fingerprint density at radius 1 is 1.14 bits per heavy atom. The molecule has 0 saturated carbocycles. The van der Waals surface area contributed by atoms with Crippen LogP contribution in [0.4, 0.5) is 0 Å². The minimum absolute atomic E-state index is 0.177. The lowest BCUT2D eigenvalue weighted by atomic mass is 10.0. The molecular weight excluding hydrogens is 374 g/mol. The van der Waals surface area contributed by atoms with Crippen LogP contribution in [0.2, 0.25) is 0 Å². The molecule has 0 aliphatic carbocycles. The van der Waals surface area contributed by atoms with Gasteiger partial charge in [-0.05, 0) is 35.7 Å². The molecule has 1 fully saturated rings. The summed E-state index contributed by atoms with van der Waals surface area (Å²) in [6.07, 6.45) is 0.589. The lowest BCUT2D eigenvalue weighted by Crippen LogP contribution is -2.52. The maximum absolute atomic E-state index is 12.9. The third-order valence-electron chi connectivity index (χ3n) is 5.06. The second kappa shape index (κ2) is 7.49. The van der Waals surface area contributed by atoms with Crippen LogP contribution >= 0.6 is 11.8 Å². The third kappa shape index (κ3) is 3.27. The van der Waals surface area contributed by atoms with Crippen molar-refractivity contribution in [1.29, 1.82) is 5.26 Å². The SMILES string of the molecule is N#Cc1ccccc1CSc1cccc2c1CN(C1CCC(=O)NC1=O)C2=O. The first-order valence-electron chi connectivity index (χ1n) is 8.96. The van der Waals surface area contributed by atoms with E-state index in [-0.39, 0.29) is 18.2 Å². The van der Waals surface area contributed by atoms with Crippen LogP contribution < -0.4 is 5.32 Å². The molecule has 1 atom stereocenters. The molecule has 2 aromatic carbocycles. The zero-order valence-corrected chi connectivity index (χ0v) is 15.8. The molecule has 0 spiro atoms. The van der Waals surface area contributed by atoms with E-state index in [1.165, 1.54) is 0 Å². The molecule has 0 radical (unpaired) electrons. The van der Waals surface area contributed by atoms with Crippen LogP contribution in [0.15, 0.2) is 47.4 Å². The summed E-state index contributed by atoms with van der Waals surface area (Å²) in [5.41, 5.74) is 3.09. The van der Waals surface area contributed by atoms with Crippen molar-refractivity contribution in [2.45, 2.75) is 36.1 Å². The summed E-state index contributed by atoms with van der Waals surface area (Å²) in [6.45, 7) is 0.351. The molecule has 1 N–H and O–H groups in total. The highest BCUT2D eigenvalue weighted by atomic mass is 32.2. The first kappa shape index (κ1) is 18.3. The number of fused-ring (bicyclic) bond motifs is 1. The molecule has 1 saturated heterocycles. The van der Waals surface area contributed by atoms with Gasteiger partial charge in [-0.3, -0.25) is 19.7 Å². The number of piperidine rings is 1. The van der Waals surface area contributed by atoms with Crippen molar-refractivity contribution in [3.8, 4) is 6.07 Å². The fourth-order valence-corrected chi connectivity index (χ4v) is 4.69. The molecule has 1 unspecified atom stereocenters. The smallest absolute Gasteiger partial charge is 0.255 e. The number of thioether (sulfide) groups is 1. The molecule has 2 aliphatic heterocycles. The first-order valence-corrected chi connectivity index (χ1v) is 9.94. The lowest BCUT2D eigenvalue weighted by Gasteiger charge is -2.29. The standard InChI is InChI=1S/C21H17N3O3S/c22-10-13-4-1-2-5-14(13)12-28-18-7-3-6-15-16(18)11-24(21(15)27)17-8-9-19(25)23-20(17)26/h1-7,17H,8-9,11-12H2,(H,23,25,26). The van der Waals surface area contributed by atoms with Crippen molar-refractivity contribution in [3.63, 3.8) is 0 Å². The molecule has 4 rings (SSSR count). The van der Waals surface area contributed by atoms with Crippen LogP contribution in [0.3, 0.4) is 0 Å². The van der Waals surface area contributed by atoms with Crippen molar-refractivity contribution < 1.29 is 14.4 Å². The Labute approximate surface area is 166 Å². The predicted molar refractivity (Wildman–Crippen MR) is 103 cm³/mol. The van der Waals surface area contributed by atoms with Gasteiger partial charge in [0.05, 0.1) is 11.6 Å². The van der Waals surface area contributed by atoms with Crippen molar-refractivity contribution in [2.75, 3.05) is 0 Å². The number of hydrogen-bond donors (Lipinski definition) is 1. The van der Waals surface area contributed by atoms with Gasteiger partial charge in [-0.25, -0.2) is 0 Å². The number of nitrogens with one attached hydrogen (secondary N) is 1. The number of rotatable bonds is 4. The van der Waals surface area contributed by atoms with E-state index in [0.29, 0.717) is 29.8 Å². The highest BCUT2D eigenvalue weighted by Crippen LogP contribution is 2.35. The van der Waals surface area contributed by atoms with Crippen LogP contribution in [-0.2, 0) is 21.9 Å². The minimum atomic E-state index is -0.616. The molecule has 7 heteroatoms. The summed E-state index contributed by atoms with van der Waals surface area (Å²) < 4.78 is 0. The van der Waals surface area contributed by atoms with Crippen LogP contribution in [0.1, 0.15) is 39.9 Å². The van der Waals surface area contributed by atoms with Crippen LogP contribution in [0.5, 0.6) is 0 Å². The largest absolute Gasteiger partial charge is 0.322 e. The molecule has 2 heterocycles. The molecule has 28 heavy (non-hydrogen) atoms. The number of carbonyl (C=O) groups is 3. The highest BCUT2D eigenvalue weighted by Gasteiger charge is 2.39. The Hall–Kier alpha value is -3.11. The van der Waals surface area contributed by atoms with Gasteiger partial charge in [0.25, 0.3) is 5.91 Å². The van der Waals surface area contributed by atoms with E-state index in [2.05, 4.69) is 11.4 Å². The van der Waals surface area contributed by atoms with Crippen molar-refractivity contribution in [1.82, 2.24) is 10.2 Å². The average Bonchev–Trinajstić information content (AvgIpc) is 3.04. The van der Waals surface area contributed by atoms with E-state index >= 15 is 0 Å². The number of nitriles is 1. The Bertz CT molecular complexity index is 1030. The van der Waals surface area contributed by atoms with E-state index in [4.69, 9.17) is 0 Å². The van der Waals surface area contributed by atoms with E-state index in [1.807, 2.05) is 30.3 Å². The van der Waals surface area contributed by atoms with Crippen LogP contribution in [0.25, 0.3) is 0 Å². The van der Waals surface area contributed by atoms with Gasteiger partial charge in [-0.2, -0.15) is 5.26 Å². The number of nitrogens with zero attached hydrogens (tertiary/aromatic N) is 2. The topological polar surface area (TPSA) is 90.3 Å². The summed E-state index contributed by atoms with van der Waals surface area (Å²) >= 11 is 1.58. The predicted octanol–water partition coefficient (Wildman–Crippen LogP) is 2.61. The first-order chi connectivity index (χ1) is 13.6. The molecule has 0 bridgehead atoms. The van der Waals surface area contributed by atoms with E-state index in [9.17, 15) is 19.6 Å². The van der Waals surface area contributed by atoms with E-state index < -0.39 is 11.9 Å². The summed E-state index contributed by atoms with van der Waals surface area (Å²) in [4.78, 5) is 39.0. The molecular formula is C21H17N3O3S. The second-order valence-corrected chi connectivity index (χ2v) is 7.76. The molecule has 2 aromatic rings. The summed E-state index contributed by atoms with van der Waals surface area (Å²) in [6, 6.07) is 14.6. The van der Waals surface area contributed by atoms with Crippen molar-refractivity contribution in [3.05, 3.63) is 64.7 Å². The van der Waals surface area contributed by atoms with Gasteiger partial charge in [0.2, 0.25) is 11.8 Å². The lowest BCUT2D eigenvalue weighted by molar-refractivity contribution is -0.136. The Morgan fingerprint density at radius 2 is 1.96 bits per heavy atom. The summed E-state index contributed by atoms with van der Waals surface area (Å²) in [7, 11) is 0. The maximum Gasteiger partial charge on any atom is 0.255 e. The van der Waals surface area contributed by atoms with E-state index in [0.717, 1.165) is 16.0 Å². The van der Waals surface area contributed by atoms with Crippen molar-refractivity contribution in [2.24, 2.45) is 0 Å². The van der Waals surface area contributed by atoms with Gasteiger partial charge in [-0.15, -0.1) is 11.8 Å². The average molecular weight is 391 g/mol. The Morgan fingerprint density at radius 3 is 2.75 bits per heavy atom. The zero-order chi connectivity index (χ0) is 19.7. The fraction of sp³-hybridized carbons (Fsp3) is 0.238. The molecule has 140 valence electrons. The second-order valence-electron chi connectivity index (χ2n) is 6.74. The number of benzene rings is 2. The molecule has 3 amide bonds. The Kier molecular flexibility index (Phi) is 4.88. The van der Waals surface area contributed by atoms with Crippen molar-refractivity contribution >= 4 is 29.5 Å². The van der Waals surface area contributed by atoms with Gasteiger partial charge in [0.1, 0.15) is 6.04 Å². The number of hydrogen-bond acceptors (Lipinski definition) is 5. The van der Waals surface area contributed by atoms with Gasteiger partial charge < -0.3 is 4.90 Å². The van der Waals surface area contributed by atoms with Crippen LogP contribution in [-0.4, -0.2) is 28.7 Å². The maximum atomic E-state index is 12.9. The molecule has 0 aromatic heterocycles. The number of imide groups is 1.